The van der Waals surface area contributed by atoms with Crippen LogP contribution >= 0.6 is 11.6 Å². The molecule has 2 atom stereocenters. The summed E-state index contributed by atoms with van der Waals surface area (Å²) in [5.74, 6) is 2.25. The lowest BCUT2D eigenvalue weighted by Gasteiger charge is -2.39. The zero-order valence-electron chi connectivity index (χ0n) is 55.2. The van der Waals surface area contributed by atoms with Gasteiger partial charge in [-0.1, -0.05) is 102 Å². The molecule has 4 aromatic rings. The fraction of sp³-hybridized carbons (Fsp3) is 0.548. The molecular formula is C73H108ClN9O5. The van der Waals surface area contributed by atoms with Gasteiger partial charge in [0.2, 0.25) is 11.8 Å². The number of aliphatic hydroxyl groups is 1. The standard InChI is InChI=1S/C42H59N7O4.C19H29N.C6H6ClN.C4H10.C2H4O/c1-31(50)49-17-3-6-37-26-36(11-12-40(37)49)33-7-9-35(10-8-33)42(53)43-16-21-45-18-13-32(14-19-45)28-46-22-24-47(25-23-46)30-39(34-4-2-5-34)44-27-41(52)48-20-15-38(51)29-48;1-6-8-9-18-10-12-19(13-11-18)16(4)17(5)20-14-15(3)7-2;7-5-1-3-6(8)4-2-5;1-4(2)3;1-2-3/h7-12,26,32,38,44,51H,2-6,13-25,27-30H2,1H3,(H,43,53);10-15H,6-9H2,1-5H3;1-4H,8H2;4H,1-3H3;2H,1H3/b;17-16+,20-14?;;;. The van der Waals surface area contributed by atoms with Crippen molar-refractivity contribution in [2.24, 2.45) is 22.7 Å². The number of aryl methyl sites for hydroxylation is 2. The average Bonchev–Trinajstić information content (AvgIpc) is 2.79. The number of benzene rings is 4. The first-order chi connectivity index (χ1) is 42.3. The van der Waals surface area contributed by atoms with Crippen molar-refractivity contribution in [3.8, 4) is 11.1 Å². The van der Waals surface area contributed by atoms with Crippen molar-refractivity contribution in [3.05, 3.63) is 135 Å². The molecule has 9 rings (SSSR count). The second-order valence-electron chi connectivity index (χ2n) is 25.1. The van der Waals surface area contributed by atoms with Crippen molar-refractivity contribution in [2.45, 2.75) is 152 Å². The first kappa shape index (κ1) is 72.6. The van der Waals surface area contributed by atoms with Gasteiger partial charge < -0.3 is 45.9 Å². The van der Waals surface area contributed by atoms with E-state index in [-0.39, 0.29) is 23.8 Å². The van der Waals surface area contributed by atoms with Crippen LogP contribution < -0.4 is 21.3 Å². The second-order valence-corrected chi connectivity index (χ2v) is 25.5. The number of carbonyl (C=O) groups excluding carboxylic acids is 4. The summed E-state index contributed by atoms with van der Waals surface area (Å²) in [6.07, 6.45) is 15.8. The number of aliphatic hydroxyl groups excluding tert-OH is 1. The van der Waals surface area contributed by atoms with E-state index in [2.05, 4.69) is 134 Å². The number of hydrogen-bond acceptors (Lipinski definition) is 11. The minimum atomic E-state index is -0.375. The number of amides is 3. The van der Waals surface area contributed by atoms with Crippen LogP contribution in [0.1, 0.15) is 160 Å². The largest absolute Gasteiger partial charge is 0.399 e. The molecule has 3 saturated heterocycles. The molecule has 14 nitrogen and oxygen atoms in total. The Hall–Kier alpha value is -6.16. The molecule has 3 amide bonds. The first-order valence-corrected chi connectivity index (χ1v) is 33.3. The highest BCUT2D eigenvalue weighted by atomic mass is 35.5. The number of aldehydes is 1. The number of nitrogens with two attached hydrogens (primary N) is 1. The average molecular weight is 1230 g/mol. The summed E-state index contributed by atoms with van der Waals surface area (Å²) in [5.41, 5.74) is 19.0. The Balaban J connectivity index is 0.000000328. The summed E-state index contributed by atoms with van der Waals surface area (Å²) < 4.78 is 0. The number of fused-ring (bicyclic) bond motifs is 1. The van der Waals surface area contributed by atoms with Crippen molar-refractivity contribution in [1.82, 2.24) is 30.2 Å². The minimum absolute atomic E-state index is 0.0313. The number of piperidine rings is 1. The molecule has 1 aliphatic carbocycles. The highest BCUT2D eigenvalue weighted by molar-refractivity contribution is 6.30. The second kappa shape index (κ2) is 39.1. The van der Waals surface area contributed by atoms with Crippen molar-refractivity contribution >= 4 is 58.8 Å². The summed E-state index contributed by atoms with van der Waals surface area (Å²) in [6, 6.07) is 30.2. The summed E-state index contributed by atoms with van der Waals surface area (Å²) in [4.78, 5) is 62.4. The predicted molar refractivity (Wildman–Crippen MR) is 368 cm³/mol. The molecule has 4 fully saturated rings. The minimum Gasteiger partial charge on any atom is -0.399 e. The fourth-order valence-corrected chi connectivity index (χ4v) is 11.2. The van der Waals surface area contributed by atoms with Crippen LogP contribution in [0.2, 0.25) is 5.02 Å². The Morgan fingerprint density at radius 1 is 0.750 bits per heavy atom. The maximum Gasteiger partial charge on any atom is 0.251 e. The molecule has 4 aliphatic heterocycles. The van der Waals surface area contributed by atoms with Crippen LogP contribution in [-0.4, -0.2) is 153 Å². The van der Waals surface area contributed by atoms with E-state index in [1.54, 1.807) is 36.1 Å². The maximum absolute atomic E-state index is 12.9. The molecule has 15 heteroatoms. The number of likely N-dealkylation sites (tertiary alicyclic amines) is 2. The first-order valence-electron chi connectivity index (χ1n) is 32.9. The summed E-state index contributed by atoms with van der Waals surface area (Å²) in [7, 11) is 0. The van der Waals surface area contributed by atoms with E-state index in [9.17, 15) is 19.5 Å². The lowest BCUT2D eigenvalue weighted by Crippen LogP contribution is -2.50. The van der Waals surface area contributed by atoms with Gasteiger partial charge in [0.1, 0.15) is 6.29 Å². The van der Waals surface area contributed by atoms with Crippen LogP contribution in [0.15, 0.2) is 113 Å². The number of aliphatic imine (C=N–C) groups is 1. The third-order valence-electron chi connectivity index (χ3n) is 17.0. The van der Waals surface area contributed by atoms with Gasteiger partial charge >= 0.3 is 0 Å². The van der Waals surface area contributed by atoms with Crippen molar-refractivity contribution in [3.63, 3.8) is 0 Å². The Morgan fingerprint density at radius 2 is 1.38 bits per heavy atom. The molecule has 2 unspecified atom stereocenters. The Morgan fingerprint density at radius 3 is 1.94 bits per heavy atom. The molecular weight excluding hydrogens is 1120 g/mol. The maximum atomic E-state index is 12.9. The SMILES string of the molecule is CC(=O)N1CCCc2cc(-c3ccc(C(=O)NCCN4CCC(CN5CCN(CC(NCC(=O)N6CCC(O)C6)=C6CCC6)CC5)CC4)cc3)ccc21.CC(C)C.CC=O.CCCCc1ccc(/C(C)=C(\C)N=CC(C)CC)cc1.Nc1ccc(Cl)cc1. The van der Waals surface area contributed by atoms with Crippen LogP contribution in [-0.2, 0) is 27.2 Å². The predicted octanol–water partition coefficient (Wildman–Crippen LogP) is 13.0. The monoisotopic (exact) mass is 1230 g/mol. The number of rotatable bonds is 19. The van der Waals surface area contributed by atoms with E-state index >= 15 is 0 Å². The quantitative estimate of drug-likeness (QED) is 0.0403. The molecule has 0 aromatic heterocycles. The van der Waals surface area contributed by atoms with Gasteiger partial charge in [-0.2, -0.15) is 0 Å². The third-order valence-corrected chi connectivity index (χ3v) is 17.2. The zero-order chi connectivity index (χ0) is 64.0. The van der Waals surface area contributed by atoms with Gasteiger partial charge in [0.25, 0.3) is 5.91 Å². The number of unbranched alkanes of at least 4 members (excludes halogenated alkanes) is 1. The number of halogens is 1. The van der Waals surface area contributed by atoms with Gasteiger partial charge in [0, 0.05) is 118 Å². The van der Waals surface area contributed by atoms with Crippen LogP contribution in [0.25, 0.3) is 16.7 Å². The molecule has 5 aliphatic rings. The molecule has 0 radical (unpaired) electrons. The van der Waals surface area contributed by atoms with E-state index in [1.807, 2.05) is 29.2 Å². The number of hydrogen-bond donors (Lipinski definition) is 4. The number of nitrogens with one attached hydrogen (secondary N) is 2. The summed E-state index contributed by atoms with van der Waals surface area (Å²) in [5, 5.41) is 17.2. The van der Waals surface area contributed by atoms with Gasteiger partial charge in [-0.05, 0) is 210 Å². The molecule has 4 heterocycles. The highest BCUT2D eigenvalue weighted by Crippen LogP contribution is 2.33. The lowest BCUT2D eigenvalue weighted by atomic mass is 9.90. The lowest BCUT2D eigenvalue weighted by molar-refractivity contribution is -0.129. The van der Waals surface area contributed by atoms with Crippen LogP contribution in [0.3, 0.4) is 0 Å². The molecule has 1 saturated carbocycles. The van der Waals surface area contributed by atoms with Crippen molar-refractivity contribution in [1.29, 1.82) is 0 Å². The van der Waals surface area contributed by atoms with Crippen LogP contribution in [0.5, 0.6) is 0 Å². The number of allylic oxidation sites excluding steroid dienone is 3. The fourth-order valence-electron chi connectivity index (χ4n) is 11.1. The third kappa shape index (κ3) is 25.4. The number of nitrogens with zero attached hydrogens (tertiary/aromatic N) is 6. The molecule has 88 heavy (non-hydrogen) atoms. The molecule has 0 spiro atoms. The van der Waals surface area contributed by atoms with Gasteiger partial charge in [-0.3, -0.25) is 24.3 Å². The Kier molecular flexibility index (Phi) is 32.2. The molecule has 0 bridgehead atoms. The number of carbonyl (C=O) groups is 4. The van der Waals surface area contributed by atoms with E-state index < -0.39 is 0 Å². The van der Waals surface area contributed by atoms with Gasteiger partial charge in [-0.25, -0.2) is 0 Å². The summed E-state index contributed by atoms with van der Waals surface area (Å²) in [6.45, 7) is 32.7. The van der Waals surface area contributed by atoms with E-state index in [4.69, 9.17) is 22.1 Å². The highest BCUT2D eigenvalue weighted by Gasteiger charge is 2.28. The molecule has 4 aromatic carbocycles. The van der Waals surface area contributed by atoms with Crippen LogP contribution in [0.4, 0.5) is 11.4 Å². The van der Waals surface area contributed by atoms with Gasteiger partial charge in [0.15, 0.2) is 0 Å². The van der Waals surface area contributed by atoms with Crippen LogP contribution in [0, 0.1) is 17.8 Å². The zero-order valence-corrected chi connectivity index (χ0v) is 56.0. The normalized spacial score (nSPS) is 17.7. The van der Waals surface area contributed by atoms with E-state index in [1.165, 1.54) is 85.5 Å². The van der Waals surface area contributed by atoms with Crippen molar-refractivity contribution in [2.75, 3.05) is 102 Å². The van der Waals surface area contributed by atoms with E-state index in [0.29, 0.717) is 44.1 Å². The Bertz CT molecular complexity index is 2810. The van der Waals surface area contributed by atoms with Gasteiger partial charge in [0.05, 0.1) is 12.6 Å². The molecule has 5 N–H and O–H groups in total. The number of anilines is 2. The van der Waals surface area contributed by atoms with E-state index in [0.717, 1.165) is 142 Å². The van der Waals surface area contributed by atoms with Gasteiger partial charge in [-0.15, -0.1) is 0 Å². The van der Waals surface area contributed by atoms with Crippen molar-refractivity contribution < 1.29 is 24.3 Å². The number of piperazine rings is 1. The smallest absolute Gasteiger partial charge is 0.251 e. The summed E-state index contributed by atoms with van der Waals surface area (Å²) >= 11 is 5.56. The molecule has 482 valence electrons. The topological polar surface area (TPSA) is 167 Å². The number of nitrogen functional groups attached to an aromatic ring is 1. The Labute approximate surface area is 534 Å². The number of β-amino-alcohol motifs (C(OH)–C–C–N with tert-alkyl or cyclic N) is 1.